The van der Waals surface area contributed by atoms with Crippen LogP contribution in [-0.2, 0) is 0 Å². The van der Waals surface area contributed by atoms with Crippen molar-refractivity contribution in [2.75, 3.05) is 0 Å². The molecule has 1 N–H and O–H groups in total. The molecule has 6 heterocycles. The smallest absolute Gasteiger partial charge is 0.182 e. The van der Waals surface area contributed by atoms with Crippen LogP contribution in [0, 0.1) is 0 Å². The number of pyridine rings is 2. The van der Waals surface area contributed by atoms with Crippen molar-refractivity contribution in [1.29, 1.82) is 0 Å². The highest BCUT2D eigenvalue weighted by Gasteiger charge is 2.24. The van der Waals surface area contributed by atoms with Crippen LogP contribution in [0.1, 0.15) is 23.0 Å². The van der Waals surface area contributed by atoms with E-state index >= 15 is 0 Å². The Bertz CT molecular complexity index is 3890. The summed E-state index contributed by atoms with van der Waals surface area (Å²) in [6, 6.07) is 74.1. The van der Waals surface area contributed by atoms with Gasteiger partial charge in [0.15, 0.2) is 23.3 Å². The Kier molecular flexibility index (Phi) is 10.6. The molecular weight excluding hydrogens is 964 g/mol. The Morgan fingerprint density at radius 2 is 0.826 bits per heavy atom. The zero-order valence-corrected chi connectivity index (χ0v) is 39.1. The summed E-state index contributed by atoms with van der Waals surface area (Å²) < 4.78 is 4.49. The third kappa shape index (κ3) is 7.49. The Hall–Kier alpha value is -8.68. The van der Waals surface area contributed by atoms with Gasteiger partial charge in [-0.25, -0.2) is 34.9 Å². The van der Waals surface area contributed by atoms with Gasteiger partial charge in [0.05, 0.1) is 22.1 Å². The monoisotopic (exact) mass is 1000 g/mol. The molecule has 0 bridgehead atoms. The van der Waals surface area contributed by atoms with Gasteiger partial charge in [0.2, 0.25) is 0 Å². The zero-order chi connectivity index (χ0) is 45.0. The molecule has 12 aromatic rings. The van der Waals surface area contributed by atoms with Gasteiger partial charge in [0.25, 0.3) is 0 Å². The molecule has 1 unspecified atom stereocenters. The molecule has 13 rings (SSSR count). The molecule has 0 fully saturated rings. The largest absolute Gasteiger partial charge is 0.344 e. The number of hydrogen-bond acceptors (Lipinski definition) is 8. The SMILES string of the molecule is I.c1ccc(C2=NC(c3cccc(-n4c5ccccc5c5cc6c7ccccc7n(-c7cccc(-c8nc(-c9ccccc9)nc(-c9ccccc9)n8)n7)c6cc54)n3)=NC(c3ccccc3)N2)cc1. The van der Waals surface area contributed by atoms with Gasteiger partial charge in [-0.3, -0.25) is 9.13 Å². The predicted molar refractivity (Wildman–Crippen MR) is 288 cm³/mol. The minimum Gasteiger partial charge on any atom is -0.344 e. The van der Waals surface area contributed by atoms with Crippen LogP contribution in [0.5, 0.6) is 0 Å². The predicted octanol–water partition coefficient (Wildman–Crippen LogP) is 13.0. The second-order valence-electron chi connectivity index (χ2n) is 16.6. The highest BCUT2D eigenvalue weighted by atomic mass is 127. The van der Waals surface area contributed by atoms with Crippen LogP contribution in [0.2, 0.25) is 0 Å². The number of aliphatic imine (C=N–C) groups is 2. The number of benzene rings is 7. The lowest BCUT2D eigenvalue weighted by molar-refractivity contribution is 0.673. The molecular formula is C58H39IN10. The molecule has 0 spiro atoms. The summed E-state index contributed by atoms with van der Waals surface area (Å²) in [6.45, 7) is 0. The summed E-state index contributed by atoms with van der Waals surface area (Å²) in [5, 5.41) is 8.04. The third-order valence-electron chi connectivity index (χ3n) is 12.5. The topological polar surface area (TPSA) is 111 Å². The number of aromatic nitrogens is 7. The molecule has 10 nitrogen and oxygen atoms in total. The first-order chi connectivity index (χ1) is 33.7. The van der Waals surface area contributed by atoms with Crippen molar-refractivity contribution in [1.82, 2.24) is 39.4 Å². The molecule has 1 aliphatic rings. The van der Waals surface area contributed by atoms with Gasteiger partial charge >= 0.3 is 0 Å². The molecule has 11 heteroatoms. The van der Waals surface area contributed by atoms with E-state index in [-0.39, 0.29) is 30.1 Å². The minimum absolute atomic E-state index is 0. The Morgan fingerprint density at radius 1 is 0.362 bits per heavy atom. The van der Waals surface area contributed by atoms with Gasteiger partial charge in [0, 0.05) is 38.2 Å². The first kappa shape index (κ1) is 41.7. The first-order valence-electron chi connectivity index (χ1n) is 22.5. The van der Waals surface area contributed by atoms with Crippen molar-refractivity contribution in [3.8, 4) is 45.9 Å². The third-order valence-corrected chi connectivity index (χ3v) is 12.5. The van der Waals surface area contributed by atoms with E-state index in [1.54, 1.807) is 0 Å². The average Bonchev–Trinajstić information content (AvgIpc) is 3.93. The van der Waals surface area contributed by atoms with E-state index in [0.29, 0.717) is 34.7 Å². The van der Waals surface area contributed by atoms with Crippen LogP contribution in [-0.4, -0.2) is 45.7 Å². The van der Waals surface area contributed by atoms with Crippen LogP contribution in [0.4, 0.5) is 0 Å². The van der Waals surface area contributed by atoms with Crippen molar-refractivity contribution in [3.63, 3.8) is 0 Å². The van der Waals surface area contributed by atoms with Crippen molar-refractivity contribution < 1.29 is 0 Å². The molecule has 0 saturated heterocycles. The number of para-hydroxylation sites is 2. The van der Waals surface area contributed by atoms with Crippen LogP contribution in [0.15, 0.2) is 228 Å². The van der Waals surface area contributed by atoms with Gasteiger partial charge in [-0.15, -0.1) is 24.0 Å². The quantitative estimate of drug-likeness (QED) is 0.152. The number of rotatable bonds is 8. The standard InChI is InChI=1S/C58H38N10.HI/c1-5-19-37(20-6-1)53-61-54(38-21-7-2-8-22-38)64-57(63-53)45-29-17-33-51(59-45)67-47-31-15-13-27-41(47)43-35-44-42-28-14-16-32-48(42)68(50(44)36-49(43)67)52-34-18-30-46(60-52)58-65-55(39-23-9-3-10-24-39)62-56(66-58)40-25-11-4-12-26-40;/h1-36,53H,(H,61,63,64);1H. The number of hydrogen-bond donors (Lipinski definition) is 1. The summed E-state index contributed by atoms with van der Waals surface area (Å²) in [7, 11) is 0. The molecule has 0 aliphatic carbocycles. The molecule has 0 radical (unpaired) electrons. The number of amidine groups is 2. The van der Waals surface area contributed by atoms with Crippen molar-refractivity contribution in [3.05, 3.63) is 235 Å². The Morgan fingerprint density at radius 3 is 1.39 bits per heavy atom. The first-order valence-corrected chi connectivity index (χ1v) is 22.5. The minimum atomic E-state index is -0.345. The Labute approximate surface area is 413 Å². The number of halogens is 1. The maximum atomic E-state index is 5.36. The number of nitrogens with zero attached hydrogens (tertiary/aromatic N) is 9. The summed E-state index contributed by atoms with van der Waals surface area (Å²) in [5.41, 5.74) is 9.19. The molecule has 328 valence electrons. The second-order valence-corrected chi connectivity index (χ2v) is 16.6. The van der Waals surface area contributed by atoms with E-state index < -0.39 is 0 Å². The summed E-state index contributed by atoms with van der Waals surface area (Å²) in [6.07, 6.45) is -0.345. The van der Waals surface area contributed by atoms with Crippen molar-refractivity contribution in [2.24, 2.45) is 9.98 Å². The lowest BCUT2D eigenvalue weighted by atomic mass is 10.1. The number of fused-ring (bicyclic) bond motifs is 6. The van der Waals surface area contributed by atoms with Gasteiger partial charge in [-0.1, -0.05) is 170 Å². The molecule has 0 amide bonds. The number of nitrogens with one attached hydrogen (secondary N) is 1. The molecule has 0 saturated carbocycles. The van der Waals surface area contributed by atoms with E-state index in [4.69, 9.17) is 34.9 Å². The normalized spacial score (nSPS) is 13.5. The Balaban J connectivity index is 0.00000492. The second kappa shape index (κ2) is 17.5. The van der Waals surface area contributed by atoms with Gasteiger partial charge in [-0.05, 0) is 54.1 Å². The van der Waals surface area contributed by atoms with E-state index in [2.05, 4.69) is 105 Å². The van der Waals surface area contributed by atoms with Crippen molar-refractivity contribution in [2.45, 2.75) is 6.17 Å². The fraction of sp³-hybridized carbons (Fsp3) is 0.0172. The molecule has 69 heavy (non-hydrogen) atoms. The van der Waals surface area contributed by atoms with E-state index in [0.717, 1.165) is 83.3 Å². The zero-order valence-electron chi connectivity index (χ0n) is 36.8. The molecule has 7 aromatic carbocycles. The van der Waals surface area contributed by atoms with Crippen LogP contribution in [0.3, 0.4) is 0 Å². The fourth-order valence-corrected chi connectivity index (χ4v) is 9.30. The van der Waals surface area contributed by atoms with Crippen LogP contribution < -0.4 is 5.32 Å². The van der Waals surface area contributed by atoms with Gasteiger partial charge < -0.3 is 5.32 Å². The summed E-state index contributed by atoms with van der Waals surface area (Å²) >= 11 is 0. The van der Waals surface area contributed by atoms with Gasteiger partial charge in [-0.2, -0.15) is 0 Å². The summed E-state index contributed by atoms with van der Waals surface area (Å²) in [4.78, 5) is 35.9. The van der Waals surface area contributed by atoms with Crippen molar-refractivity contribution >= 4 is 79.3 Å². The van der Waals surface area contributed by atoms with Gasteiger partial charge in [0.1, 0.15) is 35.0 Å². The maximum absolute atomic E-state index is 5.36. The highest BCUT2D eigenvalue weighted by molar-refractivity contribution is 14.0. The molecule has 1 aliphatic heterocycles. The van der Waals surface area contributed by atoms with Crippen LogP contribution >= 0.6 is 24.0 Å². The average molecular weight is 1000 g/mol. The lowest BCUT2D eigenvalue weighted by Crippen LogP contribution is -2.33. The lowest BCUT2D eigenvalue weighted by Gasteiger charge is -2.23. The molecule has 5 aromatic heterocycles. The maximum Gasteiger partial charge on any atom is 0.182 e. The van der Waals surface area contributed by atoms with E-state index in [1.165, 1.54) is 0 Å². The fourth-order valence-electron chi connectivity index (χ4n) is 9.30. The van der Waals surface area contributed by atoms with E-state index in [1.807, 2.05) is 127 Å². The van der Waals surface area contributed by atoms with E-state index in [9.17, 15) is 0 Å². The highest BCUT2D eigenvalue weighted by Crippen LogP contribution is 2.39. The molecule has 1 atom stereocenters. The summed E-state index contributed by atoms with van der Waals surface area (Å²) in [5.74, 6) is 4.44. The van der Waals surface area contributed by atoms with Crippen LogP contribution in [0.25, 0.3) is 89.5 Å².